The van der Waals surface area contributed by atoms with Crippen molar-refractivity contribution in [3.63, 3.8) is 0 Å². The highest BCUT2D eigenvalue weighted by molar-refractivity contribution is 7.90. The van der Waals surface area contributed by atoms with Crippen molar-refractivity contribution in [3.8, 4) is 0 Å². The molecule has 1 aromatic carbocycles. The van der Waals surface area contributed by atoms with Gasteiger partial charge in [-0.2, -0.15) is 0 Å². The molecule has 1 N–H and O–H groups in total. The van der Waals surface area contributed by atoms with Crippen LogP contribution in [-0.2, 0) is 21.1 Å². The van der Waals surface area contributed by atoms with Crippen LogP contribution < -0.4 is 5.32 Å². The average Bonchev–Trinajstić information content (AvgIpc) is 2.90. The van der Waals surface area contributed by atoms with E-state index in [9.17, 15) is 13.2 Å². The molecule has 2 rings (SSSR count). The summed E-state index contributed by atoms with van der Waals surface area (Å²) in [6.45, 7) is 0. The predicted octanol–water partition coefficient (Wildman–Crippen LogP) is 2.19. The fourth-order valence-corrected chi connectivity index (χ4v) is 3.61. The smallest absolute Gasteiger partial charge is 0.225 e. The van der Waals surface area contributed by atoms with Gasteiger partial charge in [0, 0.05) is 11.1 Å². The van der Waals surface area contributed by atoms with E-state index >= 15 is 0 Å². The largest absolute Gasteiger partial charge is 0.348 e. The van der Waals surface area contributed by atoms with Crippen molar-refractivity contribution in [3.05, 3.63) is 58.3 Å². The third-order valence-electron chi connectivity index (χ3n) is 2.92. The van der Waals surface area contributed by atoms with Crippen LogP contribution >= 0.6 is 11.3 Å². The predicted molar refractivity (Wildman–Crippen MR) is 85.1 cm³/mol. The third-order valence-corrected chi connectivity index (χ3v) is 4.74. The van der Waals surface area contributed by atoms with Crippen molar-refractivity contribution in [1.29, 1.82) is 0 Å². The van der Waals surface area contributed by atoms with E-state index in [1.54, 1.807) is 0 Å². The molecule has 0 fully saturated rings. The van der Waals surface area contributed by atoms with E-state index in [4.69, 9.17) is 0 Å². The molecule has 0 radical (unpaired) electrons. The molecule has 0 bridgehead atoms. The minimum atomic E-state index is -3.19. The molecular weight excluding hydrogens is 306 g/mol. The lowest BCUT2D eigenvalue weighted by atomic mass is 10.1. The van der Waals surface area contributed by atoms with Gasteiger partial charge in [0.15, 0.2) is 0 Å². The Balaban J connectivity index is 2.10. The molecule has 21 heavy (non-hydrogen) atoms. The Bertz CT molecular complexity index is 679. The molecule has 0 aliphatic rings. The second-order valence-electron chi connectivity index (χ2n) is 4.88. The van der Waals surface area contributed by atoms with Gasteiger partial charge in [-0.05, 0) is 17.0 Å². The summed E-state index contributed by atoms with van der Waals surface area (Å²) < 4.78 is 23.1. The first-order chi connectivity index (χ1) is 9.94. The number of rotatable bonds is 6. The Kier molecular flexibility index (Phi) is 5.14. The van der Waals surface area contributed by atoms with Gasteiger partial charge in [0.1, 0.15) is 9.84 Å². The van der Waals surface area contributed by atoms with Gasteiger partial charge in [-0.25, -0.2) is 8.42 Å². The molecule has 0 aliphatic carbocycles. The summed E-state index contributed by atoms with van der Waals surface area (Å²) in [5.74, 6) is -0.275. The van der Waals surface area contributed by atoms with Crippen LogP contribution in [0, 0.1) is 0 Å². The normalized spacial score (nSPS) is 12.8. The van der Waals surface area contributed by atoms with Gasteiger partial charge in [0.2, 0.25) is 5.91 Å². The van der Waals surface area contributed by atoms with E-state index in [2.05, 4.69) is 5.32 Å². The molecule has 112 valence electrons. The van der Waals surface area contributed by atoms with Crippen molar-refractivity contribution < 1.29 is 13.2 Å². The summed E-state index contributed by atoms with van der Waals surface area (Å²) in [7, 11) is -3.19. The number of thiophene rings is 1. The number of hydrogen-bond donors (Lipinski definition) is 1. The molecule has 0 spiro atoms. The molecule has 4 nitrogen and oxygen atoms in total. The lowest BCUT2D eigenvalue weighted by Crippen LogP contribution is -2.33. The molecule has 2 aromatic rings. The fraction of sp³-hybridized carbons (Fsp3) is 0.267. The summed E-state index contributed by atoms with van der Waals surface area (Å²) in [5.41, 5.74) is 0.794. The van der Waals surface area contributed by atoms with Gasteiger partial charge in [-0.1, -0.05) is 36.4 Å². The zero-order valence-corrected chi connectivity index (χ0v) is 13.3. The van der Waals surface area contributed by atoms with Crippen LogP contribution in [0.2, 0.25) is 0 Å². The van der Waals surface area contributed by atoms with Gasteiger partial charge in [0.05, 0.1) is 18.2 Å². The first-order valence-corrected chi connectivity index (χ1v) is 9.42. The highest BCUT2D eigenvalue weighted by Gasteiger charge is 2.19. The molecule has 1 amide bonds. The molecule has 1 heterocycles. The highest BCUT2D eigenvalue weighted by atomic mass is 32.2. The number of carbonyl (C=O) groups excluding carboxylic acids is 1. The number of amides is 1. The molecule has 0 aliphatic heterocycles. The van der Waals surface area contributed by atoms with Gasteiger partial charge >= 0.3 is 0 Å². The monoisotopic (exact) mass is 323 g/mol. The number of nitrogens with one attached hydrogen (secondary N) is 1. The van der Waals surface area contributed by atoms with E-state index in [-0.39, 0.29) is 18.1 Å². The topological polar surface area (TPSA) is 63.2 Å². The van der Waals surface area contributed by atoms with E-state index < -0.39 is 15.9 Å². The Morgan fingerprint density at radius 3 is 2.48 bits per heavy atom. The summed E-state index contributed by atoms with van der Waals surface area (Å²) in [5, 5.41) is 4.73. The first-order valence-electron chi connectivity index (χ1n) is 6.48. The van der Waals surface area contributed by atoms with Crippen LogP contribution in [0.3, 0.4) is 0 Å². The Hall–Kier alpha value is -1.66. The van der Waals surface area contributed by atoms with Crippen LogP contribution in [0.15, 0.2) is 47.8 Å². The van der Waals surface area contributed by atoms with Gasteiger partial charge in [0.25, 0.3) is 0 Å². The fourth-order valence-electron chi connectivity index (χ4n) is 2.03. The zero-order valence-electron chi connectivity index (χ0n) is 11.7. The molecular formula is C15H17NO3S2. The third kappa shape index (κ3) is 5.32. The molecule has 6 heteroatoms. The number of hydrogen-bond acceptors (Lipinski definition) is 4. The van der Waals surface area contributed by atoms with Crippen molar-refractivity contribution in [2.24, 2.45) is 0 Å². The van der Waals surface area contributed by atoms with Crippen LogP contribution in [0.25, 0.3) is 0 Å². The van der Waals surface area contributed by atoms with Gasteiger partial charge < -0.3 is 5.32 Å². The highest BCUT2D eigenvalue weighted by Crippen LogP contribution is 2.16. The molecule has 1 atom stereocenters. The Labute approximate surface area is 128 Å². The molecule has 1 aromatic heterocycles. The number of sulfone groups is 1. The van der Waals surface area contributed by atoms with Crippen molar-refractivity contribution in [1.82, 2.24) is 5.32 Å². The maximum absolute atomic E-state index is 12.1. The van der Waals surface area contributed by atoms with Crippen molar-refractivity contribution in [2.45, 2.75) is 12.5 Å². The summed E-state index contributed by atoms with van der Waals surface area (Å²) >= 11 is 1.51. The standard InChI is InChI=1S/C15H17NO3S2/c1-21(18,19)11-14(12-6-3-2-4-7-12)16-15(17)10-13-8-5-9-20-13/h2-9,14H,10-11H2,1H3,(H,16,17)/t14-/m0/s1. The Morgan fingerprint density at radius 2 is 1.90 bits per heavy atom. The van der Waals surface area contributed by atoms with Crippen LogP contribution in [0.4, 0.5) is 0 Å². The van der Waals surface area contributed by atoms with Crippen LogP contribution in [-0.4, -0.2) is 26.3 Å². The maximum atomic E-state index is 12.1. The minimum absolute atomic E-state index is 0.104. The van der Waals surface area contributed by atoms with Crippen molar-refractivity contribution in [2.75, 3.05) is 12.0 Å². The number of benzene rings is 1. The molecule has 0 saturated heterocycles. The summed E-state index contributed by atoms with van der Waals surface area (Å²) in [6, 6.07) is 12.4. The summed E-state index contributed by atoms with van der Waals surface area (Å²) in [6.07, 6.45) is 1.44. The van der Waals surface area contributed by atoms with E-state index in [0.717, 1.165) is 10.4 Å². The lowest BCUT2D eigenvalue weighted by Gasteiger charge is -2.18. The zero-order chi connectivity index (χ0) is 15.3. The van der Waals surface area contributed by atoms with Crippen molar-refractivity contribution >= 4 is 27.1 Å². The average molecular weight is 323 g/mol. The first kappa shape index (κ1) is 15.7. The quantitative estimate of drug-likeness (QED) is 0.886. The Morgan fingerprint density at radius 1 is 1.19 bits per heavy atom. The summed E-state index contributed by atoms with van der Waals surface area (Å²) in [4.78, 5) is 13.0. The molecule has 0 saturated carbocycles. The van der Waals surface area contributed by atoms with E-state index in [0.29, 0.717) is 0 Å². The van der Waals surface area contributed by atoms with Crippen LogP contribution in [0.5, 0.6) is 0 Å². The SMILES string of the molecule is CS(=O)(=O)C[C@H](NC(=O)Cc1cccs1)c1ccccc1. The van der Waals surface area contributed by atoms with Crippen LogP contribution in [0.1, 0.15) is 16.5 Å². The second-order valence-corrected chi connectivity index (χ2v) is 8.10. The van der Waals surface area contributed by atoms with Gasteiger partial charge in [-0.3, -0.25) is 4.79 Å². The van der Waals surface area contributed by atoms with E-state index in [1.165, 1.54) is 17.6 Å². The van der Waals surface area contributed by atoms with Gasteiger partial charge in [-0.15, -0.1) is 11.3 Å². The maximum Gasteiger partial charge on any atom is 0.225 e. The second kappa shape index (κ2) is 6.87. The van der Waals surface area contributed by atoms with E-state index in [1.807, 2.05) is 47.8 Å². The lowest BCUT2D eigenvalue weighted by molar-refractivity contribution is -0.121. The minimum Gasteiger partial charge on any atom is -0.348 e. The molecule has 0 unspecified atom stereocenters. The number of carbonyl (C=O) groups is 1.